The molecule has 0 unspecified atom stereocenters. The van der Waals surface area contributed by atoms with Gasteiger partial charge in [-0.05, 0) is 81.4 Å². The van der Waals surface area contributed by atoms with Crippen LogP contribution in [-0.4, -0.2) is 83.1 Å². The fraction of sp³-hybridized carbons (Fsp3) is 0.565. The van der Waals surface area contributed by atoms with Gasteiger partial charge < -0.3 is 19.1 Å². The molecule has 0 amide bonds. The number of Topliss-reactive ketones (excluding diaryl/α,β-unsaturated/α-hetero) is 1. The van der Waals surface area contributed by atoms with Crippen LogP contribution in [0.1, 0.15) is 97.4 Å². The lowest BCUT2D eigenvalue weighted by Crippen LogP contribution is -2.40. The number of carboxylic acids is 1. The van der Waals surface area contributed by atoms with E-state index in [9.17, 15) is 28.7 Å². The second-order valence-electron chi connectivity index (χ2n) is 18.6. The van der Waals surface area contributed by atoms with E-state index < -0.39 is 43.2 Å². The molecule has 0 saturated heterocycles. The molecule has 2 atom stereocenters. The maximum Gasteiger partial charge on any atom is 0.307 e. The number of ether oxygens (including phenoxy) is 2. The van der Waals surface area contributed by atoms with Gasteiger partial charge in [-0.3, -0.25) is 24.1 Å². The Hall–Kier alpha value is -3.81. The van der Waals surface area contributed by atoms with Gasteiger partial charge in [0.2, 0.25) is 0 Å². The number of unbranched alkanes of at least 4 members (excludes halogenated alkanes) is 1. The van der Waals surface area contributed by atoms with Crippen molar-refractivity contribution in [1.29, 1.82) is 0 Å². The predicted molar refractivity (Wildman–Crippen MR) is 235 cm³/mol. The molecule has 0 radical (unpaired) electrons. The molecule has 0 saturated carbocycles. The zero-order valence-corrected chi connectivity index (χ0v) is 38.4. The van der Waals surface area contributed by atoms with Crippen LogP contribution in [0.15, 0.2) is 60.8 Å². The number of benzene rings is 2. The first-order valence-electron chi connectivity index (χ1n) is 20.7. The van der Waals surface area contributed by atoms with Crippen molar-refractivity contribution in [3.8, 4) is 11.1 Å². The van der Waals surface area contributed by atoms with Crippen molar-refractivity contribution >= 4 is 43.5 Å². The first kappa shape index (κ1) is 49.5. The number of rotatable bonds is 24. The molecule has 59 heavy (non-hydrogen) atoms. The van der Waals surface area contributed by atoms with Gasteiger partial charge in [0.05, 0.1) is 25.0 Å². The van der Waals surface area contributed by atoms with E-state index in [0.717, 1.165) is 29.4 Å². The number of halogens is 2. The van der Waals surface area contributed by atoms with Crippen LogP contribution >= 0.6 is 11.8 Å². The van der Waals surface area contributed by atoms with Crippen molar-refractivity contribution in [3.05, 3.63) is 83.7 Å². The Morgan fingerprint density at radius 1 is 0.881 bits per heavy atom. The lowest BCUT2D eigenvalue weighted by Gasteiger charge is -2.41. The number of nitrogens with zero attached hydrogens (tertiary/aromatic N) is 2. The highest BCUT2D eigenvalue weighted by Crippen LogP contribution is 2.41. The van der Waals surface area contributed by atoms with Gasteiger partial charge in [0.1, 0.15) is 23.0 Å². The third kappa shape index (κ3) is 18.1. The van der Waals surface area contributed by atoms with Gasteiger partial charge in [0.15, 0.2) is 0 Å². The summed E-state index contributed by atoms with van der Waals surface area (Å²) < 4.78 is 42.7. The number of carbonyl (C=O) groups is 4. The van der Waals surface area contributed by atoms with Gasteiger partial charge >= 0.3 is 17.9 Å². The fourth-order valence-corrected chi connectivity index (χ4v) is 8.64. The topological polar surface area (TPSA) is 115 Å². The molecule has 1 aromatic heterocycles. The molecule has 0 aliphatic carbocycles. The Balaban J connectivity index is 1.88. The van der Waals surface area contributed by atoms with Crippen molar-refractivity contribution < 1.29 is 42.5 Å². The Kier molecular flexibility index (Phi) is 19.1. The van der Waals surface area contributed by atoms with Crippen molar-refractivity contribution in [2.75, 3.05) is 31.2 Å². The third-order valence-electron chi connectivity index (χ3n) is 9.72. The minimum absolute atomic E-state index is 0.0829. The average molecular weight is 857 g/mol. The van der Waals surface area contributed by atoms with E-state index in [-0.39, 0.29) is 53.8 Å². The van der Waals surface area contributed by atoms with E-state index in [2.05, 4.69) is 49.9 Å². The molecular formula is C46H66F2N2O7SSi. The molecule has 13 heteroatoms. The van der Waals surface area contributed by atoms with E-state index in [1.807, 2.05) is 42.6 Å². The first-order chi connectivity index (χ1) is 27.5. The number of ketones is 1. The number of carboxylic acid groups (broad SMARTS) is 1. The number of thioether (sulfide) groups is 1. The summed E-state index contributed by atoms with van der Waals surface area (Å²) in [6.07, 6.45) is 3.11. The van der Waals surface area contributed by atoms with E-state index in [4.69, 9.17) is 9.47 Å². The van der Waals surface area contributed by atoms with Crippen LogP contribution < -0.4 is 0 Å². The zero-order valence-electron chi connectivity index (χ0n) is 36.6. The molecule has 2 aromatic carbocycles. The molecule has 1 heterocycles. The predicted octanol–water partition coefficient (Wildman–Crippen LogP) is 10.4. The summed E-state index contributed by atoms with van der Waals surface area (Å²) in [5.74, 6) is -3.31. The van der Waals surface area contributed by atoms with E-state index >= 15 is 4.39 Å². The normalized spacial score (nSPS) is 13.3. The van der Waals surface area contributed by atoms with Gasteiger partial charge in [-0.15, -0.1) is 0 Å². The van der Waals surface area contributed by atoms with E-state index in [1.165, 1.54) is 17.8 Å². The van der Waals surface area contributed by atoms with Crippen LogP contribution in [0.5, 0.6) is 0 Å². The number of hydrogen-bond acceptors (Lipinski definition) is 8. The standard InChI is InChI=1S/C46H66F2N2O7SSi/c1-45(2,3)43(40-28-34(38-29-36(47)18-20-39(38)48)31-50(40)30-33-15-11-10-12-16-33)49(22-14-13-17-41(52)56-24-26-59(7,8)9)23-25-58-32-35(44(54)55)27-37(51)19-21-42(53)57-46(4,5)6/h10-12,15-16,18,20,28-29,31,35,43H,13-14,17,19,21-27,30,32H2,1-9H3,(H,54,55)/t35-,43-/m0/s1. The van der Waals surface area contributed by atoms with Gasteiger partial charge in [0, 0.05) is 74.9 Å². The number of aliphatic carboxylic acids is 1. The second kappa shape index (κ2) is 22.7. The number of carbonyl (C=O) groups excluding carboxylic acids is 3. The lowest BCUT2D eigenvalue weighted by molar-refractivity contribution is -0.155. The summed E-state index contributed by atoms with van der Waals surface area (Å²) in [6, 6.07) is 16.0. The van der Waals surface area contributed by atoms with E-state index in [1.54, 1.807) is 20.8 Å². The summed E-state index contributed by atoms with van der Waals surface area (Å²) >= 11 is 1.45. The van der Waals surface area contributed by atoms with Crippen LogP contribution in [0.4, 0.5) is 8.78 Å². The fourth-order valence-electron chi connectivity index (χ4n) is 6.85. The average Bonchev–Trinajstić information content (AvgIpc) is 3.51. The third-order valence-corrected chi connectivity index (χ3v) is 12.5. The molecule has 1 N–H and O–H groups in total. The molecule has 9 nitrogen and oxygen atoms in total. The summed E-state index contributed by atoms with van der Waals surface area (Å²) in [4.78, 5) is 52.2. The number of hydrogen-bond donors (Lipinski definition) is 1. The van der Waals surface area contributed by atoms with Crippen molar-refractivity contribution in [3.63, 3.8) is 0 Å². The Morgan fingerprint density at radius 3 is 2.20 bits per heavy atom. The highest BCUT2D eigenvalue weighted by Gasteiger charge is 2.35. The Bertz CT molecular complexity index is 1830. The monoisotopic (exact) mass is 856 g/mol. The lowest BCUT2D eigenvalue weighted by atomic mass is 9.83. The molecule has 0 aliphatic rings. The molecular weight excluding hydrogens is 791 g/mol. The van der Waals surface area contributed by atoms with Crippen molar-refractivity contribution in [2.45, 2.75) is 124 Å². The zero-order chi connectivity index (χ0) is 44.0. The maximum atomic E-state index is 15.3. The van der Waals surface area contributed by atoms with Gasteiger partial charge in [-0.1, -0.05) is 70.7 Å². The van der Waals surface area contributed by atoms with Gasteiger partial charge in [0.25, 0.3) is 0 Å². The minimum atomic E-state index is -1.34. The second-order valence-corrected chi connectivity index (χ2v) is 25.4. The summed E-state index contributed by atoms with van der Waals surface area (Å²) in [7, 11) is -1.34. The minimum Gasteiger partial charge on any atom is -0.481 e. The summed E-state index contributed by atoms with van der Waals surface area (Å²) in [6.45, 7) is 20.5. The molecule has 0 aliphatic heterocycles. The largest absolute Gasteiger partial charge is 0.481 e. The first-order valence-corrected chi connectivity index (χ1v) is 25.5. The van der Waals surface area contributed by atoms with Gasteiger partial charge in [-0.25, -0.2) is 8.78 Å². The number of aromatic nitrogens is 1. The Labute approximate surface area is 355 Å². The van der Waals surface area contributed by atoms with Crippen LogP contribution in [0.25, 0.3) is 11.1 Å². The number of esters is 2. The molecule has 3 aromatic rings. The molecule has 326 valence electrons. The van der Waals surface area contributed by atoms with Crippen LogP contribution in [0, 0.1) is 23.0 Å². The van der Waals surface area contributed by atoms with Gasteiger partial charge in [-0.2, -0.15) is 11.8 Å². The molecule has 0 fully saturated rings. The highest BCUT2D eigenvalue weighted by molar-refractivity contribution is 7.99. The quantitative estimate of drug-likeness (QED) is 0.0534. The summed E-state index contributed by atoms with van der Waals surface area (Å²) in [5.41, 5.74) is 1.63. The van der Waals surface area contributed by atoms with Crippen LogP contribution in [0.2, 0.25) is 25.7 Å². The molecule has 0 spiro atoms. The highest BCUT2D eigenvalue weighted by atomic mass is 32.2. The smallest absolute Gasteiger partial charge is 0.307 e. The van der Waals surface area contributed by atoms with Crippen molar-refractivity contribution in [2.24, 2.45) is 11.3 Å². The SMILES string of the molecule is CC(C)(C)OC(=O)CCC(=O)C[C@@H](CSCCN(CCCCC(=O)OCC[Si](C)(C)C)[C@@H](c1cc(-c2cc(F)ccc2F)cn1Cc1ccccc1)C(C)(C)C)C(=O)O. The van der Waals surface area contributed by atoms with Crippen LogP contribution in [-0.2, 0) is 35.2 Å². The van der Waals surface area contributed by atoms with E-state index in [0.29, 0.717) is 56.8 Å². The van der Waals surface area contributed by atoms with Crippen LogP contribution in [0.3, 0.4) is 0 Å². The molecule has 3 rings (SSSR count). The maximum absolute atomic E-state index is 15.3. The Morgan fingerprint density at radius 2 is 1.58 bits per heavy atom. The summed E-state index contributed by atoms with van der Waals surface area (Å²) in [5, 5.41) is 10.0. The van der Waals surface area contributed by atoms with Crippen molar-refractivity contribution in [1.82, 2.24) is 9.47 Å². The molecule has 0 bridgehead atoms.